The highest BCUT2D eigenvalue weighted by Crippen LogP contribution is 2.33. The SMILES string of the molecule is O=C1NC2=C(C(=O)N(Cc3ccc(F)cc3)C2)[C@@H](c2ccc(OCc3ccccc3)cc2)N1. The van der Waals surface area contributed by atoms with Gasteiger partial charge in [-0.1, -0.05) is 54.6 Å². The number of amides is 3. The standard InChI is InChI=1S/C26H22FN3O3/c27-20-10-6-17(7-11-20)14-30-15-22-23(25(30)31)24(29-26(32)28-22)19-8-12-21(13-9-19)33-16-18-4-2-1-3-5-18/h1-13,24H,14-16H2,(H2,28,29,32)/t24-/m1/s1. The monoisotopic (exact) mass is 443 g/mol. The molecule has 3 aromatic rings. The van der Waals surface area contributed by atoms with E-state index in [4.69, 9.17) is 4.74 Å². The molecule has 0 fully saturated rings. The minimum Gasteiger partial charge on any atom is -0.489 e. The Morgan fingerprint density at radius 3 is 2.36 bits per heavy atom. The molecule has 0 unspecified atom stereocenters. The minimum absolute atomic E-state index is 0.156. The van der Waals surface area contributed by atoms with Gasteiger partial charge in [0.15, 0.2) is 0 Å². The zero-order valence-electron chi connectivity index (χ0n) is 17.8. The number of ether oxygens (including phenoxy) is 1. The van der Waals surface area contributed by atoms with Crippen LogP contribution in [0.25, 0.3) is 0 Å². The van der Waals surface area contributed by atoms with Crippen molar-refractivity contribution in [2.45, 2.75) is 19.2 Å². The van der Waals surface area contributed by atoms with Crippen LogP contribution >= 0.6 is 0 Å². The van der Waals surface area contributed by atoms with Crippen molar-refractivity contribution in [2.75, 3.05) is 6.54 Å². The van der Waals surface area contributed by atoms with Gasteiger partial charge in [-0.15, -0.1) is 0 Å². The quantitative estimate of drug-likeness (QED) is 0.604. The normalized spacial score (nSPS) is 17.5. The molecule has 0 saturated heterocycles. The summed E-state index contributed by atoms with van der Waals surface area (Å²) < 4.78 is 19.1. The first-order chi connectivity index (χ1) is 16.1. The van der Waals surface area contributed by atoms with Crippen LogP contribution in [0.15, 0.2) is 90.1 Å². The van der Waals surface area contributed by atoms with Gasteiger partial charge in [0.25, 0.3) is 5.91 Å². The van der Waals surface area contributed by atoms with Crippen LogP contribution in [0.2, 0.25) is 0 Å². The highest BCUT2D eigenvalue weighted by atomic mass is 19.1. The Bertz CT molecular complexity index is 1210. The number of rotatable bonds is 6. The van der Waals surface area contributed by atoms with Crippen molar-refractivity contribution in [1.82, 2.24) is 15.5 Å². The summed E-state index contributed by atoms with van der Waals surface area (Å²) >= 11 is 0. The number of carbonyl (C=O) groups excluding carboxylic acids is 2. The van der Waals surface area contributed by atoms with Crippen LogP contribution in [-0.2, 0) is 17.9 Å². The van der Waals surface area contributed by atoms with E-state index >= 15 is 0 Å². The molecule has 5 rings (SSSR count). The van der Waals surface area contributed by atoms with E-state index in [1.54, 1.807) is 17.0 Å². The van der Waals surface area contributed by atoms with Gasteiger partial charge in [-0.25, -0.2) is 9.18 Å². The average Bonchev–Trinajstić information content (AvgIpc) is 3.14. The molecule has 3 aromatic carbocycles. The molecule has 2 aliphatic heterocycles. The topological polar surface area (TPSA) is 70.7 Å². The summed E-state index contributed by atoms with van der Waals surface area (Å²) in [5.74, 6) is 0.223. The third-order valence-electron chi connectivity index (χ3n) is 5.77. The predicted octanol–water partition coefficient (Wildman–Crippen LogP) is 4.06. The molecule has 0 radical (unpaired) electrons. The van der Waals surface area contributed by atoms with Gasteiger partial charge in [0.1, 0.15) is 18.2 Å². The summed E-state index contributed by atoms with van der Waals surface area (Å²) in [6.45, 7) is 1.09. The molecule has 33 heavy (non-hydrogen) atoms. The number of hydrogen-bond acceptors (Lipinski definition) is 3. The third-order valence-corrected chi connectivity index (χ3v) is 5.77. The second kappa shape index (κ2) is 8.78. The third kappa shape index (κ3) is 4.43. The fourth-order valence-corrected chi connectivity index (χ4v) is 4.11. The first-order valence-corrected chi connectivity index (χ1v) is 10.7. The Hall–Kier alpha value is -4.13. The number of hydrogen-bond donors (Lipinski definition) is 2. The maximum atomic E-state index is 13.2. The van der Waals surface area contributed by atoms with Crippen LogP contribution in [0.1, 0.15) is 22.7 Å². The molecule has 0 spiro atoms. The van der Waals surface area contributed by atoms with Gasteiger partial charge in [0.2, 0.25) is 0 Å². The Morgan fingerprint density at radius 2 is 1.64 bits per heavy atom. The van der Waals surface area contributed by atoms with Gasteiger partial charge < -0.3 is 20.3 Å². The number of urea groups is 1. The zero-order chi connectivity index (χ0) is 22.8. The van der Waals surface area contributed by atoms with Crippen molar-refractivity contribution in [3.63, 3.8) is 0 Å². The molecule has 166 valence electrons. The molecule has 2 N–H and O–H groups in total. The summed E-state index contributed by atoms with van der Waals surface area (Å²) in [5, 5.41) is 5.62. The van der Waals surface area contributed by atoms with Crippen molar-refractivity contribution in [1.29, 1.82) is 0 Å². The van der Waals surface area contributed by atoms with Crippen LogP contribution in [-0.4, -0.2) is 23.4 Å². The molecular weight excluding hydrogens is 421 g/mol. The molecule has 0 saturated carbocycles. The van der Waals surface area contributed by atoms with E-state index in [0.29, 0.717) is 36.7 Å². The van der Waals surface area contributed by atoms with Crippen LogP contribution in [0, 0.1) is 5.82 Å². The lowest BCUT2D eigenvalue weighted by atomic mass is 9.96. The van der Waals surface area contributed by atoms with Gasteiger partial charge in [0, 0.05) is 6.54 Å². The molecule has 6 nitrogen and oxygen atoms in total. The van der Waals surface area contributed by atoms with Gasteiger partial charge in [0.05, 0.1) is 23.9 Å². The number of halogens is 1. The van der Waals surface area contributed by atoms with Crippen LogP contribution in [0.4, 0.5) is 9.18 Å². The summed E-state index contributed by atoms with van der Waals surface area (Å²) in [7, 11) is 0. The van der Waals surface area contributed by atoms with Gasteiger partial charge >= 0.3 is 6.03 Å². The summed E-state index contributed by atoms with van der Waals surface area (Å²) in [5.41, 5.74) is 3.80. The Balaban J connectivity index is 1.31. The lowest BCUT2D eigenvalue weighted by molar-refractivity contribution is -0.126. The van der Waals surface area contributed by atoms with Crippen molar-refractivity contribution in [3.8, 4) is 5.75 Å². The summed E-state index contributed by atoms with van der Waals surface area (Å²) in [6, 6.07) is 22.4. The predicted molar refractivity (Wildman–Crippen MR) is 120 cm³/mol. The fraction of sp³-hybridized carbons (Fsp3) is 0.154. The van der Waals surface area contributed by atoms with Crippen molar-refractivity contribution in [3.05, 3.63) is 113 Å². The van der Waals surface area contributed by atoms with E-state index < -0.39 is 6.04 Å². The van der Waals surface area contributed by atoms with Crippen molar-refractivity contribution >= 4 is 11.9 Å². The maximum absolute atomic E-state index is 13.2. The lowest BCUT2D eigenvalue weighted by Crippen LogP contribution is -2.44. The Kier molecular flexibility index (Phi) is 5.52. The van der Waals surface area contributed by atoms with E-state index in [1.165, 1.54) is 12.1 Å². The largest absolute Gasteiger partial charge is 0.489 e. The fourth-order valence-electron chi connectivity index (χ4n) is 4.11. The molecular formula is C26H22FN3O3. The molecule has 0 aliphatic carbocycles. The van der Waals surface area contributed by atoms with E-state index in [2.05, 4.69) is 10.6 Å². The number of nitrogens with zero attached hydrogens (tertiary/aromatic N) is 1. The molecule has 3 amide bonds. The average molecular weight is 443 g/mol. The zero-order valence-corrected chi connectivity index (χ0v) is 17.8. The van der Waals surface area contributed by atoms with Gasteiger partial charge in [-0.2, -0.15) is 0 Å². The minimum atomic E-state index is -0.553. The highest BCUT2D eigenvalue weighted by Gasteiger charge is 2.40. The smallest absolute Gasteiger partial charge is 0.319 e. The molecule has 7 heteroatoms. The van der Waals surface area contributed by atoms with E-state index in [1.807, 2.05) is 54.6 Å². The Labute approximate surface area is 190 Å². The molecule has 0 aromatic heterocycles. The summed E-state index contributed by atoms with van der Waals surface area (Å²) in [4.78, 5) is 27.1. The van der Waals surface area contributed by atoms with E-state index in [0.717, 1.165) is 16.7 Å². The number of nitrogens with one attached hydrogen (secondary N) is 2. The molecule has 2 heterocycles. The highest BCUT2D eigenvalue weighted by molar-refractivity contribution is 6.01. The number of benzene rings is 3. The van der Waals surface area contributed by atoms with Crippen molar-refractivity contribution in [2.24, 2.45) is 0 Å². The second-order valence-corrected chi connectivity index (χ2v) is 8.05. The van der Waals surface area contributed by atoms with Gasteiger partial charge in [-0.3, -0.25) is 4.79 Å². The lowest BCUT2D eigenvalue weighted by Gasteiger charge is -2.25. The van der Waals surface area contributed by atoms with Crippen LogP contribution in [0.5, 0.6) is 5.75 Å². The number of carbonyl (C=O) groups is 2. The van der Waals surface area contributed by atoms with Crippen molar-refractivity contribution < 1.29 is 18.7 Å². The van der Waals surface area contributed by atoms with E-state index in [-0.39, 0.29) is 17.8 Å². The second-order valence-electron chi connectivity index (χ2n) is 8.05. The first kappa shape index (κ1) is 20.8. The van der Waals surface area contributed by atoms with Gasteiger partial charge in [-0.05, 0) is 41.0 Å². The molecule has 2 aliphatic rings. The van der Waals surface area contributed by atoms with Crippen LogP contribution in [0.3, 0.4) is 0 Å². The molecule has 0 bridgehead atoms. The van der Waals surface area contributed by atoms with Crippen LogP contribution < -0.4 is 15.4 Å². The molecule has 1 atom stereocenters. The summed E-state index contributed by atoms with van der Waals surface area (Å²) in [6.07, 6.45) is 0. The maximum Gasteiger partial charge on any atom is 0.319 e. The Morgan fingerprint density at radius 1 is 0.909 bits per heavy atom. The first-order valence-electron chi connectivity index (χ1n) is 10.7. The van der Waals surface area contributed by atoms with E-state index in [9.17, 15) is 14.0 Å².